The van der Waals surface area contributed by atoms with Crippen molar-refractivity contribution in [1.29, 1.82) is 0 Å². The summed E-state index contributed by atoms with van der Waals surface area (Å²) in [5.74, 6) is -0.667. The van der Waals surface area contributed by atoms with Gasteiger partial charge in [0, 0.05) is 10.4 Å². The smallest absolute Gasteiger partial charge is 0.256 e. The summed E-state index contributed by atoms with van der Waals surface area (Å²) in [4.78, 5) is 25.7. The van der Waals surface area contributed by atoms with Crippen molar-refractivity contribution in [2.75, 3.05) is 5.32 Å². The van der Waals surface area contributed by atoms with Crippen molar-refractivity contribution in [2.45, 2.75) is 51.9 Å². The van der Waals surface area contributed by atoms with Crippen LogP contribution in [0.15, 0.2) is 24.3 Å². The Hall–Kier alpha value is -2.14. The van der Waals surface area contributed by atoms with Gasteiger partial charge in [-0.15, -0.1) is 11.3 Å². The van der Waals surface area contributed by atoms with Crippen molar-refractivity contribution < 1.29 is 9.59 Å². The van der Waals surface area contributed by atoms with Crippen LogP contribution in [0.5, 0.6) is 0 Å². The molecule has 0 radical (unpaired) electrons. The van der Waals surface area contributed by atoms with Crippen LogP contribution >= 0.6 is 11.3 Å². The van der Waals surface area contributed by atoms with Crippen molar-refractivity contribution in [2.24, 2.45) is 5.73 Å². The first kappa shape index (κ1) is 17.7. The lowest BCUT2D eigenvalue weighted by molar-refractivity contribution is 0.100. The maximum Gasteiger partial charge on any atom is 0.256 e. The van der Waals surface area contributed by atoms with E-state index in [1.54, 1.807) is 0 Å². The Morgan fingerprint density at radius 1 is 1.08 bits per heavy atom. The van der Waals surface area contributed by atoms with Gasteiger partial charge >= 0.3 is 0 Å². The monoisotopic (exact) mass is 356 g/mol. The van der Waals surface area contributed by atoms with E-state index in [4.69, 9.17) is 5.73 Å². The van der Waals surface area contributed by atoms with Gasteiger partial charge in [0.25, 0.3) is 11.8 Å². The third-order valence-corrected chi connectivity index (χ3v) is 5.87. The first-order chi connectivity index (χ1) is 11.8. The first-order valence-electron chi connectivity index (χ1n) is 8.63. The molecule has 4 nitrogen and oxygen atoms in total. The molecule has 0 saturated carbocycles. The average molecular weight is 356 g/mol. The fourth-order valence-electron chi connectivity index (χ4n) is 3.21. The second-order valence-corrected chi connectivity index (χ2v) is 8.67. The van der Waals surface area contributed by atoms with Gasteiger partial charge in [-0.3, -0.25) is 9.59 Å². The van der Waals surface area contributed by atoms with E-state index in [1.807, 2.05) is 24.3 Å². The first-order valence-corrected chi connectivity index (χ1v) is 9.45. The number of thiophene rings is 1. The molecular weight excluding hydrogens is 332 g/mol. The molecule has 3 rings (SSSR count). The van der Waals surface area contributed by atoms with E-state index in [1.165, 1.54) is 21.8 Å². The highest BCUT2D eigenvalue weighted by Crippen LogP contribution is 2.38. The number of fused-ring (bicyclic) bond motifs is 1. The van der Waals surface area contributed by atoms with Crippen molar-refractivity contribution >= 4 is 28.2 Å². The second kappa shape index (κ2) is 6.64. The predicted octanol–water partition coefficient (Wildman–Crippen LogP) is 4.28. The number of aryl methyl sites for hydroxylation is 1. The van der Waals surface area contributed by atoms with Crippen molar-refractivity contribution in [3.05, 3.63) is 51.4 Å². The number of primary amides is 1. The Labute approximate surface area is 152 Å². The van der Waals surface area contributed by atoms with Crippen LogP contribution in [-0.4, -0.2) is 11.8 Å². The van der Waals surface area contributed by atoms with Crippen LogP contribution in [0.2, 0.25) is 0 Å². The normalized spacial score (nSPS) is 14.0. The van der Waals surface area contributed by atoms with Crippen LogP contribution in [0.4, 0.5) is 5.00 Å². The minimum Gasteiger partial charge on any atom is -0.365 e. The van der Waals surface area contributed by atoms with Crippen LogP contribution in [0.25, 0.3) is 0 Å². The van der Waals surface area contributed by atoms with Crippen LogP contribution in [-0.2, 0) is 18.3 Å². The maximum atomic E-state index is 12.6. The van der Waals surface area contributed by atoms with Gasteiger partial charge in [0.2, 0.25) is 0 Å². The summed E-state index contributed by atoms with van der Waals surface area (Å²) in [7, 11) is 0. The molecule has 1 aliphatic rings. The van der Waals surface area contributed by atoms with Gasteiger partial charge in [0.05, 0.1) is 5.56 Å². The molecule has 5 heteroatoms. The Balaban J connectivity index is 1.86. The van der Waals surface area contributed by atoms with E-state index in [0.29, 0.717) is 16.1 Å². The quantitative estimate of drug-likeness (QED) is 0.862. The molecule has 0 spiro atoms. The molecule has 3 N–H and O–H groups in total. The van der Waals surface area contributed by atoms with E-state index >= 15 is 0 Å². The van der Waals surface area contributed by atoms with Crippen LogP contribution in [0.3, 0.4) is 0 Å². The molecular formula is C20H24N2O2S. The number of benzene rings is 1. The van der Waals surface area contributed by atoms with E-state index in [9.17, 15) is 9.59 Å². The predicted molar refractivity (Wildman–Crippen MR) is 103 cm³/mol. The molecule has 0 saturated heterocycles. The minimum absolute atomic E-state index is 0.0426. The number of anilines is 1. The third kappa shape index (κ3) is 3.61. The molecule has 0 fully saturated rings. The minimum atomic E-state index is -0.460. The number of nitrogens with one attached hydrogen (secondary N) is 1. The summed E-state index contributed by atoms with van der Waals surface area (Å²) in [6, 6.07) is 7.60. The summed E-state index contributed by atoms with van der Waals surface area (Å²) in [5, 5.41) is 3.49. The molecule has 132 valence electrons. The number of carbonyl (C=O) groups excluding carboxylic acids is 2. The van der Waals surface area contributed by atoms with Gasteiger partial charge in [0.1, 0.15) is 5.00 Å². The highest BCUT2D eigenvalue weighted by atomic mass is 32.1. The summed E-state index contributed by atoms with van der Waals surface area (Å²) in [6.45, 7) is 6.41. The Bertz CT molecular complexity index is 813. The zero-order valence-electron chi connectivity index (χ0n) is 14.9. The van der Waals surface area contributed by atoms with Gasteiger partial charge in [0.15, 0.2) is 0 Å². The molecule has 2 aromatic rings. The summed E-state index contributed by atoms with van der Waals surface area (Å²) < 4.78 is 0. The molecule has 1 aromatic carbocycles. The third-order valence-electron chi connectivity index (χ3n) is 4.66. The number of rotatable bonds is 3. The lowest BCUT2D eigenvalue weighted by Gasteiger charge is -2.19. The van der Waals surface area contributed by atoms with Gasteiger partial charge in [-0.05, 0) is 54.4 Å². The molecule has 2 amide bonds. The van der Waals surface area contributed by atoms with E-state index in [2.05, 4.69) is 26.1 Å². The Morgan fingerprint density at radius 3 is 2.32 bits per heavy atom. The Kier molecular flexibility index (Phi) is 4.69. The number of carbonyl (C=O) groups is 2. The highest BCUT2D eigenvalue weighted by molar-refractivity contribution is 7.17. The van der Waals surface area contributed by atoms with Gasteiger partial charge in [-0.1, -0.05) is 32.9 Å². The largest absolute Gasteiger partial charge is 0.365 e. The van der Waals surface area contributed by atoms with Crippen LogP contribution < -0.4 is 11.1 Å². The molecule has 0 aliphatic heterocycles. The van der Waals surface area contributed by atoms with Gasteiger partial charge < -0.3 is 11.1 Å². The molecule has 1 aliphatic carbocycles. The number of hydrogen-bond acceptors (Lipinski definition) is 3. The van der Waals surface area contributed by atoms with Gasteiger partial charge in [-0.25, -0.2) is 0 Å². The second-order valence-electron chi connectivity index (χ2n) is 7.56. The fourth-order valence-corrected chi connectivity index (χ4v) is 4.50. The zero-order valence-corrected chi connectivity index (χ0v) is 15.8. The van der Waals surface area contributed by atoms with E-state index in [-0.39, 0.29) is 11.3 Å². The van der Waals surface area contributed by atoms with E-state index < -0.39 is 5.91 Å². The van der Waals surface area contributed by atoms with Gasteiger partial charge in [-0.2, -0.15) is 0 Å². The Morgan fingerprint density at radius 2 is 1.72 bits per heavy atom. The molecule has 0 bridgehead atoms. The van der Waals surface area contributed by atoms with Crippen LogP contribution in [0.1, 0.15) is 70.3 Å². The standard InChI is InChI=1S/C20H24N2O2S/c1-20(2,3)13-10-8-12(9-11-13)18(24)22-19-16(17(21)23)14-6-4-5-7-15(14)25-19/h8-11H,4-7H2,1-3H3,(H2,21,23)(H,22,24). The molecule has 1 aromatic heterocycles. The summed E-state index contributed by atoms with van der Waals surface area (Å²) in [5.41, 5.74) is 8.91. The fraction of sp³-hybridized carbons (Fsp3) is 0.400. The zero-order chi connectivity index (χ0) is 18.2. The topological polar surface area (TPSA) is 72.2 Å². The number of hydrogen-bond donors (Lipinski definition) is 2. The van der Waals surface area contributed by atoms with E-state index in [0.717, 1.165) is 31.2 Å². The molecule has 0 unspecified atom stereocenters. The molecule has 1 heterocycles. The highest BCUT2D eigenvalue weighted by Gasteiger charge is 2.25. The van der Waals surface area contributed by atoms with Crippen LogP contribution in [0, 0.1) is 0 Å². The maximum absolute atomic E-state index is 12.6. The summed E-state index contributed by atoms with van der Waals surface area (Å²) in [6.07, 6.45) is 4.00. The number of nitrogens with two attached hydrogens (primary N) is 1. The van der Waals surface area contributed by atoms with Crippen molar-refractivity contribution in [1.82, 2.24) is 0 Å². The van der Waals surface area contributed by atoms with Crippen molar-refractivity contribution in [3.63, 3.8) is 0 Å². The lowest BCUT2D eigenvalue weighted by Crippen LogP contribution is -2.18. The number of amides is 2. The average Bonchev–Trinajstić information content (AvgIpc) is 2.92. The molecule has 25 heavy (non-hydrogen) atoms. The molecule has 0 atom stereocenters. The SMILES string of the molecule is CC(C)(C)c1ccc(C(=O)Nc2sc3c(c2C(N)=O)CCCC3)cc1. The summed E-state index contributed by atoms with van der Waals surface area (Å²) >= 11 is 1.49. The lowest BCUT2D eigenvalue weighted by atomic mass is 9.87. The van der Waals surface area contributed by atoms with Crippen molar-refractivity contribution in [3.8, 4) is 0 Å².